The molecule has 1 amide bonds. The van der Waals surface area contributed by atoms with Crippen LogP contribution in [0, 0.1) is 12.7 Å². The van der Waals surface area contributed by atoms with E-state index >= 15 is 0 Å². The van der Waals surface area contributed by atoms with Crippen molar-refractivity contribution < 1.29 is 19.0 Å². The molecule has 0 saturated carbocycles. The second kappa shape index (κ2) is 10.2. The maximum atomic E-state index is 12.9. The molecule has 0 aliphatic rings. The van der Waals surface area contributed by atoms with Gasteiger partial charge in [0.2, 0.25) is 5.91 Å². The molecular weight excluding hydrogens is 341 g/mol. The third-order valence-electron chi connectivity index (χ3n) is 3.53. The summed E-state index contributed by atoms with van der Waals surface area (Å²) in [6.07, 6.45) is -0.312. The van der Waals surface area contributed by atoms with Gasteiger partial charge in [-0.15, -0.1) is 11.8 Å². The van der Waals surface area contributed by atoms with Crippen molar-refractivity contribution in [2.45, 2.75) is 17.9 Å². The molecule has 2 aromatic carbocycles. The number of hydrogen-bond donors (Lipinski definition) is 2. The number of carbonyl (C=O) groups excluding carboxylic acids is 1. The Kier molecular flexibility index (Phi) is 7.91. The summed E-state index contributed by atoms with van der Waals surface area (Å²) in [4.78, 5) is 12.9. The number of amides is 1. The summed E-state index contributed by atoms with van der Waals surface area (Å²) < 4.78 is 18.5. The van der Waals surface area contributed by atoms with Gasteiger partial charge in [0.1, 0.15) is 5.82 Å². The summed E-state index contributed by atoms with van der Waals surface area (Å²) in [5, 5.41) is 11.8. The van der Waals surface area contributed by atoms with Gasteiger partial charge in [-0.1, -0.05) is 29.8 Å². The fraction of sp³-hybridized carbons (Fsp3) is 0.316. The minimum absolute atomic E-state index is 0.0727. The summed E-state index contributed by atoms with van der Waals surface area (Å²) in [5.74, 6) is -0.179. The number of thioether (sulfide) groups is 1. The zero-order valence-corrected chi connectivity index (χ0v) is 14.9. The van der Waals surface area contributed by atoms with Crippen molar-refractivity contribution in [2.24, 2.45) is 0 Å². The predicted molar refractivity (Wildman–Crippen MR) is 97.1 cm³/mol. The number of rotatable bonds is 9. The highest BCUT2D eigenvalue weighted by Gasteiger charge is 2.13. The highest BCUT2D eigenvalue weighted by molar-refractivity contribution is 8.00. The van der Waals surface area contributed by atoms with Crippen molar-refractivity contribution in [3.63, 3.8) is 0 Å². The number of aryl methyl sites for hydroxylation is 1. The standard InChI is InChI=1S/C19H22FNO3S/c1-14-2-4-15(5-3-14)18(24-11-10-22)12-21-19(23)13-25-17-8-6-16(20)7-9-17/h2-9,18,22H,10-13H2,1H3,(H,21,23)/t18-/m0/s1. The number of benzene rings is 2. The SMILES string of the molecule is Cc1ccc([C@H](CNC(=O)CSc2ccc(F)cc2)OCCO)cc1. The van der Waals surface area contributed by atoms with Crippen LogP contribution in [0.4, 0.5) is 4.39 Å². The van der Waals surface area contributed by atoms with E-state index in [1.54, 1.807) is 12.1 Å². The lowest BCUT2D eigenvalue weighted by Gasteiger charge is -2.19. The van der Waals surface area contributed by atoms with Gasteiger partial charge in [-0.3, -0.25) is 4.79 Å². The molecule has 0 saturated heterocycles. The van der Waals surface area contributed by atoms with Gasteiger partial charge in [-0.25, -0.2) is 4.39 Å². The molecule has 134 valence electrons. The van der Waals surface area contributed by atoms with Crippen LogP contribution in [0.1, 0.15) is 17.2 Å². The van der Waals surface area contributed by atoms with E-state index in [2.05, 4.69) is 5.32 Å². The number of aliphatic hydroxyl groups is 1. The molecule has 0 radical (unpaired) electrons. The topological polar surface area (TPSA) is 58.6 Å². The van der Waals surface area contributed by atoms with Gasteiger partial charge in [0.05, 0.1) is 25.1 Å². The van der Waals surface area contributed by atoms with Crippen LogP contribution in [0.25, 0.3) is 0 Å². The van der Waals surface area contributed by atoms with E-state index in [0.717, 1.165) is 16.0 Å². The normalized spacial score (nSPS) is 12.0. The highest BCUT2D eigenvalue weighted by atomic mass is 32.2. The predicted octanol–water partition coefficient (Wildman–Crippen LogP) is 3.09. The number of ether oxygens (including phenoxy) is 1. The van der Waals surface area contributed by atoms with Crippen molar-refractivity contribution in [1.82, 2.24) is 5.32 Å². The molecule has 4 nitrogen and oxygen atoms in total. The first-order chi connectivity index (χ1) is 12.1. The number of carbonyl (C=O) groups is 1. The van der Waals surface area contributed by atoms with Crippen molar-refractivity contribution >= 4 is 17.7 Å². The Morgan fingerprint density at radius 3 is 2.52 bits per heavy atom. The molecular formula is C19H22FNO3S. The molecule has 0 bridgehead atoms. The fourth-order valence-electron chi connectivity index (χ4n) is 2.19. The maximum Gasteiger partial charge on any atom is 0.230 e. The molecule has 0 fully saturated rings. The number of hydrogen-bond acceptors (Lipinski definition) is 4. The van der Waals surface area contributed by atoms with Crippen molar-refractivity contribution in [3.05, 3.63) is 65.5 Å². The Morgan fingerprint density at radius 2 is 1.88 bits per heavy atom. The van der Waals surface area contributed by atoms with E-state index in [-0.39, 0.29) is 36.8 Å². The lowest BCUT2D eigenvalue weighted by Crippen LogP contribution is -2.31. The summed E-state index contributed by atoms with van der Waals surface area (Å²) in [5.41, 5.74) is 2.09. The Hall–Kier alpha value is -1.89. The van der Waals surface area contributed by atoms with E-state index in [1.807, 2.05) is 31.2 Å². The Bertz CT molecular complexity index is 661. The third kappa shape index (κ3) is 6.86. The van der Waals surface area contributed by atoms with Crippen LogP contribution < -0.4 is 5.32 Å². The van der Waals surface area contributed by atoms with Gasteiger partial charge in [0.25, 0.3) is 0 Å². The molecule has 25 heavy (non-hydrogen) atoms. The fourth-order valence-corrected chi connectivity index (χ4v) is 2.91. The molecule has 0 aromatic heterocycles. The van der Waals surface area contributed by atoms with Crippen LogP contribution >= 0.6 is 11.8 Å². The van der Waals surface area contributed by atoms with Crippen LogP contribution in [0.2, 0.25) is 0 Å². The number of aliphatic hydroxyl groups excluding tert-OH is 1. The first-order valence-corrected chi connectivity index (χ1v) is 9.01. The zero-order valence-electron chi connectivity index (χ0n) is 14.1. The Balaban J connectivity index is 1.84. The van der Waals surface area contributed by atoms with Crippen molar-refractivity contribution in [1.29, 1.82) is 0 Å². The van der Waals surface area contributed by atoms with Crippen molar-refractivity contribution in [3.8, 4) is 0 Å². The summed E-state index contributed by atoms with van der Waals surface area (Å²) >= 11 is 1.35. The minimum Gasteiger partial charge on any atom is -0.394 e. The first-order valence-electron chi connectivity index (χ1n) is 8.02. The molecule has 0 unspecified atom stereocenters. The van der Waals surface area contributed by atoms with Gasteiger partial charge < -0.3 is 15.2 Å². The van der Waals surface area contributed by atoms with Gasteiger partial charge in [0.15, 0.2) is 0 Å². The molecule has 0 heterocycles. The summed E-state index contributed by atoms with van der Waals surface area (Å²) in [6.45, 7) is 2.46. The minimum atomic E-state index is -0.312. The molecule has 6 heteroatoms. The monoisotopic (exact) mass is 363 g/mol. The van der Waals surface area contributed by atoms with Gasteiger partial charge in [-0.05, 0) is 36.8 Å². The lowest BCUT2D eigenvalue weighted by molar-refractivity contribution is -0.119. The molecule has 2 N–H and O–H groups in total. The maximum absolute atomic E-state index is 12.9. The van der Waals surface area contributed by atoms with E-state index in [9.17, 15) is 9.18 Å². The highest BCUT2D eigenvalue weighted by Crippen LogP contribution is 2.19. The van der Waals surface area contributed by atoms with E-state index in [4.69, 9.17) is 9.84 Å². The Morgan fingerprint density at radius 1 is 1.20 bits per heavy atom. The van der Waals surface area contributed by atoms with Crippen LogP contribution in [-0.4, -0.2) is 36.5 Å². The molecule has 0 aliphatic carbocycles. The van der Waals surface area contributed by atoms with Crippen LogP contribution in [0.3, 0.4) is 0 Å². The quantitative estimate of drug-likeness (QED) is 0.672. The average molecular weight is 363 g/mol. The summed E-state index contributed by atoms with van der Waals surface area (Å²) in [6, 6.07) is 13.9. The molecule has 1 atom stereocenters. The average Bonchev–Trinajstić information content (AvgIpc) is 2.62. The first kappa shape index (κ1) is 19.4. The second-order valence-corrected chi connectivity index (χ2v) is 6.59. The molecule has 2 aromatic rings. The van der Waals surface area contributed by atoms with Crippen LogP contribution in [-0.2, 0) is 9.53 Å². The van der Waals surface area contributed by atoms with Crippen LogP contribution in [0.15, 0.2) is 53.4 Å². The smallest absolute Gasteiger partial charge is 0.230 e. The van der Waals surface area contributed by atoms with Crippen molar-refractivity contribution in [2.75, 3.05) is 25.5 Å². The molecule has 0 aliphatic heterocycles. The van der Waals surface area contributed by atoms with Gasteiger partial charge in [-0.2, -0.15) is 0 Å². The summed E-state index contributed by atoms with van der Waals surface area (Å²) in [7, 11) is 0. The third-order valence-corrected chi connectivity index (χ3v) is 4.54. The van der Waals surface area contributed by atoms with E-state index in [1.165, 1.54) is 23.9 Å². The van der Waals surface area contributed by atoms with Gasteiger partial charge in [0, 0.05) is 11.4 Å². The molecule has 0 spiro atoms. The number of halogens is 1. The largest absolute Gasteiger partial charge is 0.394 e. The van der Waals surface area contributed by atoms with Gasteiger partial charge >= 0.3 is 0 Å². The number of nitrogens with one attached hydrogen (secondary N) is 1. The zero-order chi connectivity index (χ0) is 18.1. The second-order valence-electron chi connectivity index (χ2n) is 5.54. The van der Waals surface area contributed by atoms with E-state index in [0.29, 0.717) is 6.54 Å². The molecule has 2 rings (SSSR count). The Labute approximate surface area is 151 Å². The van der Waals surface area contributed by atoms with Crippen LogP contribution in [0.5, 0.6) is 0 Å². The lowest BCUT2D eigenvalue weighted by atomic mass is 10.1. The van der Waals surface area contributed by atoms with E-state index < -0.39 is 0 Å².